The number of amides is 2. The van der Waals surface area contributed by atoms with Gasteiger partial charge in [-0.2, -0.15) is 9.97 Å². The summed E-state index contributed by atoms with van der Waals surface area (Å²) in [6.07, 6.45) is 5.92. The predicted molar refractivity (Wildman–Crippen MR) is 166 cm³/mol. The van der Waals surface area contributed by atoms with Gasteiger partial charge < -0.3 is 25.7 Å². The largest absolute Gasteiger partial charge is 0.396 e. The van der Waals surface area contributed by atoms with E-state index in [0.717, 1.165) is 50.4 Å². The molecule has 3 aliphatic heterocycles. The third-order valence-corrected chi connectivity index (χ3v) is 8.85. The fraction of sp³-hybridized carbons (Fsp3) is 0.452. The van der Waals surface area contributed by atoms with Crippen LogP contribution in [0, 0.1) is 0 Å². The number of anilines is 3. The Morgan fingerprint density at radius 2 is 1.68 bits per heavy atom. The summed E-state index contributed by atoms with van der Waals surface area (Å²) in [7, 11) is 0. The first-order chi connectivity index (χ1) is 21.3. The number of fused-ring (bicyclic) bond motifs is 1. The average Bonchev–Trinajstić information content (AvgIpc) is 3.04. The minimum absolute atomic E-state index is 0.0692. The Bertz CT molecular complexity index is 1490. The summed E-state index contributed by atoms with van der Waals surface area (Å²) in [5.41, 5.74) is 9.39. The molecule has 0 saturated carbocycles. The van der Waals surface area contributed by atoms with Crippen molar-refractivity contribution in [2.45, 2.75) is 57.7 Å². The lowest BCUT2D eigenvalue weighted by Crippen LogP contribution is -2.48. The molecular formula is C31H40N10O3. The van der Waals surface area contributed by atoms with Crippen LogP contribution < -0.4 is 26.9 Å². The van der Waals surface area contributed by atoms with E-state index in [1.165, 1.54) is 11.1 Å². The molecule has 2 saturated heterocycles. The van der Waals surface area contributed by atoms with Crippen LogP contribution in [0.2, 0.25) is 0 Å². The molecule has 6 rings (SSSR count). The molecule has 0 atom stereocenters. The zero-order chi connectivity index (χ0) is 30.6. The second-order valence-electron chi connectivity index (χ2n) is 11.7. The first kappa shape index (κ1) is 29.6. The van der Waals surface area contributed by atoms with E-state index in [-0.39, 0.29) is 35.4 Å². The molecule has 3 aliphatic rings. The van der Waals surface area contributed by atoms with Gasteiger partial charge in [0, 0.05) is 70.5 Å². The number of benzene rings is 1. The molecule has 13 nitrogen and oxygen atoms in total. The molecule has 5 heterocycles. The maximum absolute atomic E-state index is 13.8. The monoisotopic (exact) mass is 600 g/mol. The van der Waals surface area contributed by atoms with Crippen LogP contribution in [0.4, 0.5) is 17.3 Å². The van der Waals surface area contributed by atoms with Gasteiger partial charge in [0.2, 0.25) is 11.7 Å². The van der Waals surface area contributed by atoms with E-state index in [2.05, 4.69) is 49.4 Å². The minimum Gasteiger partial charge on any atom is -0.396 e. The number of nitrogens with one attached hydrogen (secondary N) is 1. The van der Waals surface area contributed by atoms with Crippen LogP contribution in [0.3, 0.4) is 0 Å². The van der Waals surface area contributed by atoms with E-state index in [4.69, 9.17) is 16.4 Å². The fourth-order valence-corrected chi connectivity index (χ4v) is 6.35. The summed E-state index contributed by atoms with van der Waals surface area (Å²) in [6.45, 7) is 6.17. The van der Waals surface area contributed by atoms with E-state index in [0.29, 0.717) is 43.7 Å². The van der Waals surface area contributed by atoms with Gasteiger partial charge >= 0.3 is 6.01 Å². The molecule has 44 heavy (non-hydrogen) atoms. The summed E-state index contributed by atoms with van der Waals surface area (Å²) in [5.74, 6) is 6.65. The maximum Gasteiger partial charge on any atom is 0.347 e. The Hall–Kier alpha value is -4.49. The van der Waals surface area contributed by atoms with E-state index in [9.17, 15) is 9.59 Å². The molecule has 13 heteroatoms. The number of aromatic nitrogens is 3. The number of hydrogen-bond acceptors (Lipinski definition) is 11. The van der Waals surface area contributed by atoms with Crippen LogP contribution >= 0.6 is 0 Å². The summed E-state index contributed by atoms with van der Waals surface area (Å²) < 4.78 is 0. The maximum atomic E-state index is 13.8. The number of piperidine rings is 2. The van der Waals surface area contributed by atoms with Crippen molar-refractivity contribution >= 4 is 29.1 Å². The van der Waals surface area contributed by atoms with E-state index < -0.39 is 0 Å². The topological polar surface area (TPSA) is 159 Å². The smallest absolute Gasteiger partial charge is 0.347 e. The van der Waals surface area contributed by atoms with Gasteiger partial charge in [-0.05, 0) is 55.4 Å². The number of likely N-dealkylation sites (tertiary alicyclic amines) is 2. The normalized spacial score (nSPS) is 18.0. The molecular weight excluding hydrogens is 560 g/mol. The van der Waals surface area contributed by atoms with Gasteiger partial charge in [-0.1, -0.05) is 24.3 Å². The third-order valence-electron chi connectivity index (χ3n) is 8.85. The van der Waals surface area contributed by atoms with E-state index >= 15 is 0 Å². The number of rotatable bonds is 7. The Kier molecular flexibility index (Phi) is 8.75. The Morgan fingerprint density at radius 3 is 2.41 bits per heavy atom. The zero-order valence-corrected chi connectivity index (χ0v) is 25.1. The Morgan fingerprint density at radius 1 is 0.955 bits per heavy atom. The van der Waals surface area contributed by atoms with Gasteiger partial charge in [-0.25, -0.2) is 10.8 Å². The number of hydrogen-bond donors (Lipinski definition) is 3. The molecule has 232 valence electrons. The summed E-state index contributed by atoms with van der Waals surface area (Å²) in [5, 5.41) is 4.31. The summed E-state index contributed by atoms with van der Waals surface area (Å²) >= 11 is 0. The van der Waals surface area contributed by atoms with E-state index in [1.54, 1.807) is 31.3 Å². The van der Waals surface area contributed by atoms with Crippen LogP contribution in [0.25, 0.3) is 0 Å². The lowest BCUT2D eigenvalue weighted by Gasteiger charge is -2.40. The molecule has 0 spiro atoms. The standard InChI is InChI=1S/C31H40N10O3/c1-21(42)38-15-9-24(10-16-38)35-28-19-27(36-31(37-28)44-41(33)29-26(32)7-4-13-34-29)30(43)39-17-11-25(12-18-39)40-14-8-22-5-2-3-6-23(22)20-40/h2-7,13,19,24-25H,8-12,14-18,20,32-33H2,1H3,(H,35,36,37). The number of carbonyl (C=O) groups excluding carboxylic acids is 2. The van der Waals surface area contributed by atoms with Gasteiger partial charge in [-0.15, -0.1) is 5.17 Å². The van der Waals surface area contributed by atoms with Crippen molar-refractivity contribution < 1.29 is 14.4 Å². The molecule has 0 unspecified atom stereocenters. The van der Waals surface area contributed by atoms with Gasteiger partial charge in [0.05, 0.1) is 5.69 Å². The number of nitrogens with two attached hydrogens (primary N) is 2. The molecule has 2 amide bonds. The minimum atomic E-state index is -0.185. The zero-order valence-electron chi connectivity index (χ0n) is 25.1. The fourth-order valence-electron chi connectivity index (χ4n) is 6.35. The number of carbonyl (C=O) groups is 2. The number of pyridine rings is 1. The van der Waals surface area contributed by atoms with Crippen molar-refractivity contribution in [2.75, 3.05) is 48.9 Å². The van der Waals surface area contributed by atoms with Crippen LogP contribution in [-0.2, 0) is 17.8 Å². The molecule has 0 radical (unpaired) electrons. The Balaban J connectivity index is 1.15. The molecule has 2 aromatic heterocycles. The molecule has 2 fully saturated rings. The highest BCUT2D eigenvalue weighted by Crippen LogP contribution is 2.27. The lowest BCUT2D eigenvalue weighted by atomic mass is 9.95. The van der Waals surface area contributed by atoms with Crippen molar-refractivity contribution in [3.8, 4) is 6.01 Å². The highest BCUT2D eigenvalue weighted by Gasteiger charge is 2.31. The summed E-state index contributed by atoms with van der Waals surface area (Å²) in [6, 6.07) is 14.1. The van der Waals surface area contributed by atoms with E-state index in [1.807, 2.05) is 9.80 Å². The average molecular weight is 601 g/mol. The van der Waals surface area contributed by atoms with Gasteiger partial charge in [0.15, 0.2) is 0 Å². The van der Waals surface area contributed by atoms with Gasteiger partial charge in [-0.3, -0.25) is 14.5 Å². The van der Waals surface area contributed by atoms with Crippen LogP contribution in [0.5, 0.6) is 6.01 Å². The second kappa shape index (κ2) is 13.0. The molecule has 0 aliphatic carbocycles. The lowest BCUT2D eigenvalue weighted by molar-refractivity contribution is -0.129. The van der Waals surface area contributed by atoms with Gasteiger partial charge in [0.1, 0.15) is 11.5 Å². The van der Waals surface area contributed by atoms with Crippen LogP contribution in [0.1, 0.15) is 54.2 Å². The summed E-state index contributed by atoms with van der Waals surface area (Å²) in [4.78, 5) is 50.7. The van der Waals surface area contributed by atoms with Crippen molar-refractivity contribution in [2.24, 2.45) is 5.84 Å². The van der Waals surface area contributed by atoms with Crippen LogP contribution in [0.15, 0.2) is 48.7 Å². The number of hydrazine groups is 1. The quantitative estimate of drug-likeness (QED) is 0.270. The number of nitrogen functional groups attached to an aromatic ring is 1. The molecule has 1 aromatic carbocycles. The highest BCUT2D eigenvalue weighted by atomic mass is 16.7. The SMILES string of the molecule is CC(=O)N1CCC(Nc2cc(C(=O)N3CCC(N4CCc5ccccc5C4)CC3)nc(ON(N)c3ncccc3N)n2)CC1. The first-order valence-electron chi connectivity index (χ1n) is 15.3. The van der Waals surface area contributed by atoms with Crippen LogP contribution in [-0.4, -0.2) is 86.3 Å². The van der Waals surface area contributed by atoms with Crippen molar-refractivity contribution in [3.05, 3.63) is 65.5 Å². The van der Waals surface area contributed by atoms with Crippen molar-refractivity contribution in [3.63, 3.8) is 0 Å². The molecule has 5 N–H and O–H groups in total. The van der Waals surface area contributed by atoms with Crippen molar-refractivity contribution in [1.82, 2.24) is 29.7 Å². The third kappa shape index (κ3) is 6.68. The second-order valence-corrected chi connectivity index (χ2v) is 11.7. The van der Waals surface area contributed by atoms with Crippen molar-refractivity contribution in [1.29, 1.82) is 0 Å². The molecule has 0 bridgehead atoms. The highest BCUT2D eigenvalue weighted by molar-refractivity contribution is 5.93. The Labute approximate surface area is 257 Å². The van der Waals surface area contributed by atoms with Gasteiger partial charge in [0.25, 0.3) is 5.91 Å². The predicted octanol–water partition coefficient (Wildman–Crippen LogP) is 2.21. The molecule has 3 aromatic rings. The number of nitrogens with zero attached hydrogens (tertiary/aromatic N) is 7. The first-order valence-corrected chi connectivity index (χ1v) is 15.3.